The molecule has 1 aromatic carbocycles. The van der Waals surface area contributed by atoms with E-state index in [9.17, 15) is 9.59 Å². The number of hydrogen-bond donors (Lipinski definition) is 1. The molecule has 1 aromatic rings. The lowest BCUT2D eigenvalue weighted by molar-refractivity contribution is -0.132. The van der Waals surface area contributed by atoms with E-state index in [1.54, 1.807) is 39.3 Å². The van der Waals surface area contributed by atoms with Crippen LogP contribution >= 0.6 is 0 Å². The second-order valence-corrected chi connectivity index (χ2v) is 6.37. The largest absolute Gasteiger partial charge is 0.497 e. The minimum Gasteiger partial charge on any atom is -0.497 e. The van der Waals surface area contributed by atoms with Gasteiger partial charge < -0.3 is 19.7 Å². The highest BCUT2D eigenvalue weighted by atomic mass is 16.5. The van der Waals surface area contributed by atoms with Gasteiger partial charge >= 0.3 is 0 Å². The smallest absolute Gasteiger partial charge is 0.226 e. The third-order valence-electron chi connectivity index (χ3n) is 4.68. The molecule has 6 nitrogen and oxygen atoms in total. The van der Waals surface area contributed by atoms with Gasteiger partial charge in [0.15, 0.2) is 0 Å². The van der Waals surface area contributed by atoms with Crippen LogP contribution in [0.25, 0.3) is 0 Å². The number of carbonyl (C=O) groups excluding carboxylic acids is 2. The SMILES string of the molecule is COc1ccc(NC(=O)CCN(C(C)=O)C2CCCCC2)c(OC)c1. The molecule has 138 valence electrons. The molecule has 0 atom stereocenters. The van der Waals surface area contributed by atoms with Crippen LogP contribution in [0, 0.1) is 0 Å². The van der Waals surface area contributed by atoms with Gasteiger partial charge in [0, 0.05) is 32.0 Å². The molecule has 2 amide bonds. The maximum Gasteiger partial charge on any atom is 0.226 e. The average molecular weight is 348 g/mol. The summed E-state index contributed by atoms with van der Waals surface area (Å²) >= 11 is 0. The molecule has 1 aliphatic carbocycles. The van der Waals surface area contributed by atoms with Crippen molar-refractivity contribution < 1.29 is 19.1 Å². The summed E-state index contributed by atoms with van der Waals surface area (Å²) in [4.78, 5) is 26.1. The predicted octanol–water partition coefficient (Wildman–Crippen LogP) is 3.21. The van der Waals surface area contributed by atoms with Crippen molar-refractivity contribution in [3.8, 4) is 11.5 Å². The van der Waals surface area contributed by atoms with Gasteiger partial charge in [-0.2, -0.15) is 0 Å². The van der Waals surface area contributed by atoms with E-state index in [2.05, 4.69) is 5.32 Å². The van der Waals surface area contributed by atoms with E-state index in [1.165, 1.54) is 6.42 Å². The second-order valence-electron chi connectivity index (χ2n) is 6.37. The fourth-order valence-corrected chi connectivity index (χ4v) is 3.33. The van der Waals surface area contributed by atoms with Crippen LogP contribution in [0.4, 0.5) is 5.69 Å². The summed E-state index contributed by atoms with van der Waals surface area (Å²) in [6.07, 6.45) is 5.89. The third-order valence-corrected chi connectivity index (χ3v) is 4.68. The van der Waals surface area contributed by atoms with Crippen LogP contribution in [0.1, 0.15) is 45.4 Å². The van der Waals surface area contributed by atoms with Gasteiger partial charge in [-0.25, -0.2) is 0 Å². The molecule has 1 fully saturated rings. The quantitative estimate of drug-likeness (QED) is 0.821. The molecule has 0 saturated heterocycles. The van der Waals surface area contributed by atoms with Gasteiger partial charge in [0.1, 0.15) is 11.5 Å². The van der Waals surface area contributed by atoms with Crippen LogP contribution in [-0.4, -0.2) is 43.5 Å². The summed E-state index contributed by atoms with van der Waals surface area (Å²) in [7, 11) is 3.12. The van der Waals surface area contributed by atoms with Crippen molar-refractivity contribution in [2.24, 2.45) is 0 Å². The number of nitrogens with one attached hydrogen (secondary N) is 1. The van der Waals surface area contributed by atoms with E-state index < -0.39 is 0 Å². The van der Waals surface area contributed by atoms with Gasteiger partial charge in [0.05, 0.1) is 19.9 Å². The standard InChI is InChI=1S/C19H28N2O4/c1-14(22)21(15-7-5-4-6-8-15)12-11-19(23)20-17-10-9-16(24-2)13-18(17)25-3/h9-10,13,15H,4-8,11-12H2,1-3H3,(H,20,23). The number of carbonyl (C=O) groups is 2. The first-order chi connectivity index (χ1) is 12.0. The van der Waals surface area contributed by atoms with E-state index in [1.807, 2.05) is 4.90 Å². The number of anilines is 1. The molecule has 25 heavy (non-hydrogen) atoms. The Morgan fingerprint density at radius 2 is 1.88 bits per heavy atom. The molecule has 0 unspecified atom stereocenters. The van der Waals surface area contributed by atoms with Crippen LogP contribution in [-0.2, 0) is 9.59 Å². The molecule has 1 aliphatic rings. The van der Waals surface area contributed by atoms with Gasteiger partial charge in [0.2, 0.25) is 11.8 Å². The highest BCUT2D eigenvalue weighted by Gasteiger charge is 2.23. The fraction of sp³-hybridized carbons (Fsp3) is 0.579. The molecule has 0 heterocycles. The molecule has 0 aromatic heterocycles. The normalized spacial score (nSPS) is 14.7. The summed E-state index contributed by atoms with van der Waals surface area (Å²) in [5, 5.41) is 2.85. The van der Waals surface area contributed by atoms with E-state index in [4.69, 9.17) is 9.47 Å². The van der Waals surface area contributed by atoms with Crippen molar-refractivity contribution in [2.75, 3.05) is 26.1 Å². The molecule has 0 spiro atoms. The van der Waals surface area contributed by atoms with Crippen LogP contribution in [0.2, 0.25) is 0 Å². The topological polar surface area (TPSA) is 67.9 Å². The van der Waals surface area contributed by atoms with Crippen molar-refractivity contribution >= 4 is 17.5 Å². The zero-order valence-electron chi connectivity index (χ0n) is 15.3. The molecule has 0 radical (unpaired) electrons. The lowest BCUT2D eigenvalue weighted by atomic mass is 9.94. The Morgan fingerprint density at radius 3 is 2.48 bits per heavy atom. The highest BCUT2D eigenvalue weighted by molar-refractivity contribution is 5.92. The number of amides is 2. The summed E-state index contributed by atoms with van der Waals surface area (Å²) < 4.78 is 10.4. The summed E-state index contributed by atoms with van der Waals surface area (Å²) in [6.45, 7) is 2.03. The van der Waals surface area contributed by atoms with Gasteiger partial charge in [-0.05, 0) is 25.0 Å². The zero-order chi connectivity index (χ0) is 18.2. The lowest BCUT2D eigenvalue weighted by Crippen LogP contribution is -2.41. The Kier molecular flexibility index (Phi) is 7.10. The minimum absolute atomic E-state index is 0.0433. The molecular weight excluding hydrogens is 320 g/mol. The summed E-state index contributed by atoms with van der Waals surface area (Å²) in [6, 6.07) is 5.51. The number of rotatable bonds is 7. The fourth-order valence-electron chi connectivity index (χ4n) is 3.33. The van der Waals surface area contributed by atoms with Crippen molar-refractivity contribution in [1.82, 2.24) is 4.90 Å². The van der Waals surface area contributed by atoms with Crippen LogP contribution in [0.3, 0.4) is 0 Å². The maximum atomic E-state index is 12.3. The molecule has 0 bridgehead atoms. The lowest BCUT2D eigenvalue weighted by Gasteiger charge is -2.33. The Balaban J connectivity index is 1.93. The van der Waals surface area contributed by atoms with E-state index in [0.717, 1.165) is 25.7 Å². The van der Waals surface area contributed by atoms with Gasteiger partial charge in [-0.1, -0.05) is 19.3 Å². The molecule has 1 N–H and O–H groups in total. The molecular formula is C19H28N2O4. The first-order valence-electron chi connectivity index (χ1n) is 8.84. The van der Waals surface area contributed by atoms with Gasteiger partial charge in [-0.3, -0.25) is 9.59 Å². The molecule has 6 heteroatoms. The van der Waals surface area contributed by atoms with Crippen molar-refractivity contribution in [3.63, 3.8) is 0 Å². The third kappa shape index (κ3) is 5.37. The minimum atomic E-state index is -0.134. The zero-order valence-corrected chi connectivity index (χ0v) is 15.3. The van der Waals surface area contributed by atoms with Crippen molar-refractivity contribution in [3.05, 3.63) is 18.2 Å². The Labute approximate surface area is 149 Å². The van der Waals surface area contributed by atoms with Crippen molar-refractivity contribution in [2.45, 2.75) is 51.5 Å². The van der Waals surface area contributed by atoms with Gasteiger partial charge in [-0.15, -0.1) is 0 Å². The molecule has 1 saturated carbocycles. The van der Waals surface area contributed by atoms with E-state index >= 15 is 0 Å². The summed E-state index contributed by atoms with van der Waals surface area (Å²) in [5.74, 6) is 1.12. The van der Waals surface area contributed by atoms with Crippen molar-refractivity contribution in [1.29, 1.82) is 0 Å². The Hall–Kier alpha value is -2.24. The van der Waals surface area contributed by atoms with E-state index in [0.29, 0.717) is 23.7 Å². The number of hydrogen-bond acceptors (Lipinski definition) is 4. The van der Waals surface area contributed by atoms with Crippen LogP contribution in [0.15, 0.2) is 18.2 Å². The van der Waals surface area contributed by atoms with Gasteiger partial charge in [0.25, 0.3) is 0 Å². The molecule has 2 rings (SSSR count). The Morgan fingerprint density at radius 1 is 1.16 bits per heavy atom. The number of ether oxygens (including phenoxy) is 2. The first-order valence-corrected chi connectivity index (χ1v) is 8.84. The second kappa shape index (κ2) is 9.30. The number of nitrogens with zero attached hydrogens (tertiary/aromatic N) is 1. The molecule has 0 aliphatic heterocycles. The van der Waals surface area contributed by atoms with Crippen LogP contribution < -0.4 is 14.8 Å². The average Bonchev–Trinajstić information content (AvgIpc) is 2.62. The number of methoxy groups -OCH3 is 2. The monoisotopic (exact) mass is 348 g/mol. The predicted molar refractivity (Wildman–Crippen MR) is 97.1 cm³/mol. The summed E-state index contributed by atoms with van der Waals surface area (Å²) in [5.41, 5.74) is 0.598. The Bertz CT molecular complexity index is 597. The van der Waals surface area contributed by atoms with Crippen LogP contribution in [0.5, 0.6) is 11.5 Å². The number of benzene rings is 1. The maximum absolute atomic E-state index is 12.3. The van der Waals surface area contributed by atoms with E-state index in [-0.39, 0.29) is 24.3 Å². The first kappa shape index (κ1) is 19.1. The highest BCUT2D eigenvalue weighted by Crippen LogP contribution is 2.29.